The third-order valence-corrected chi connectivity index (χ3v) is 4.80. The summed E-state index contributed by atoms with van der Waals surface area (Å²) in [6, 6.07) is 6.44. The molecule has 0 fully saturated rings. The first-order valence-corrected chi connectivity index (χ1v) is 7.75. The van der Waals surface area contributed by atoms with E-state index in [9.17, 15) is 12.6 Å². The Morgan fingerprint density at radius 2 is 1.88 bits per heavy atom. The molecule has 0 spiro atoms. The Morgan fingerprint density at radius 1 is 1.31 bits per heavy atom. The van der Waals surface area contributed by atoms with E-state index in [1.54, 1.807) is 24.3 Å². The quantitative estimate of drug-likeness (QED) is 0.851. The fraction of sp³-hybridized carbons (Fsp3) is 0.333. The molecule has 0 radical (unpaired) electrons. The monoisotopic (exact) mass is 263 g/mol. The predicted octanol–water partition coefficient (Wildman–Crippen LogP) is 0.773. The molecule has 0 saturated heterocycles. The molecular weight excluding hydrogens is 250 g/mol. The summed E-state index contributed by atoms with van der Waals surface area (Å²) in [5.74, 6) is 0.641. The summed E-state index contributed by atoms with van der Waals surface area (Å²) in [7, 11) is -3.41. The molecule has 5 nitrogen and oxygen atoms in total. The minimum absolute atomic E-state index is 0.404. The molecule has 1 aromatic rings. The highest BCUT2D eigenvalue weighted by Gasteiger charge is 2.12. The van der Waals surface area contributed by atoms with Crippen LogP contribution in [0, 0.1) is 0 Å². The summed E-state index contributed by atoms with van der Waals surface area (Å²) in [6.07, 6.45) is 1.34. The standard InChI is InChI=1S/C9H13NO4S2/c1-14-9-5-3-8(4-6-9)10-16(12,13)7-15(2)11/h3-6,10H,7H2,1-2H3. The van der Waals surface area contributed by atoms with Crippen molar-refractivity contribution >= 4 is 26.5 Å². The van der Waals surface area contributed by atoms with Crippen molar-refractivity contribution in [2.75, 3.05) is 23.2 Å². The zero-order valence-corrected chi connectivity index (χ0v) is 10.6. The van der Waals surface area contributed by atoms with E-state index >= 15 is 0 Å². The molecule has 0 heterocycles. The van der Waals surface area contributed by atoms with Crippen LogP contribution >= 0.6 is 0 Å². The fourth-order valence-corrected chi connectivity index (χ4v) is 3.57. The van der Waals surface area contributed by atoms with Gasteiger partial charge in [-0.2, -0.15) is 0 Å². The van der Waals surface area contributed by atoms with Crippen LogP contribution in [-0.4, -0.2) is 31.1 Å². The molecule has 1 atom stereocenters. The van der Waals surface area contributed by atoms with Crippen LogP contribution in [-0.2, 0) is 20.8 Å². The lowest BCUT2D eigenvalue weighted by Crippen LogP contribution is -2.19. The molecule has 1 unspecified atom stereocenters. The van der Waals surface area contributed by atoms with E-state index in [0.717, 1.165) is 0 Å². The summed E-state index contributed by atoms with van der Waals surface area (Å²) < 4.78 is 40.9. The normalized spacial score (nSPS) is 13.1. The molecule has 7 heteroatoms. The van der Waals surface area contributed by atoms with Gasteiger partial charge in [0.2, 0.25) is 10.0 Å². The molecule has 0 bridgehead atoms. The number of sulfonamides is 1. The smallest absolute Gasteiger partial charge is 0.244 e. The van der Waals surface area contributed by atoms with Crippen LogP contribution < -0.4 is 9.46 Å². The summed E-state index contributed by atoms with van der Waals surface area (Å²) in [6.45, 7) is 0. The minimum atomic E-state index is -3.54. The van der Waals surface area contributed by atoms with E-state index in [2.05, 4.69) is 4.72 Å². The first-order chi connectivity index (χ1) is 7.43. The molecule has 16 heavy (non-hydrogen) atoms. The highest BCUT2D eigenvalue weighted by atomic mass is 32.3. The van der Waals surface area contributed by atoms with Crippen LogP contribution in [0.5, 0.6) is 5.75 Å². The lowest BCUT2D eigenvalue weighted by atomic mass is 10.3. The summed E-state index contributed by atoms with van der Waals surface area (Å²) in [4.78, 5) is 0. The fourth-order valence-electron chi connectivity index (χ4n) is 1.09. The topological polar surface area (TPSA) is 72.5 Å². The van der Waals surface area contributed by atoms with E-state index in [1.807, 2.05) is 0 Å². The molecule has 1 rings (SSSR count). The average molecular weight is 263 g/mol. The van der Waals surface area contributed by atoms with E-state index in [1.165, 1.54) is 13.4 Å². The van der Waals surface area contributed by atoms with Gasteiger partial charge in [0.25, 0.3) is 0 Å². The molecular formula is C9H13NO4S2. The zero-order valence-electron chi connectivity index (χ0n) is 8.97. The van der Waals surface area contributed by atoms with Gasteiger partial charge in [0.15, 0.2) is 0 Å². The summed E-state index contributed by atoms with van der Waals surface area (Å²) in [5.41, 5.74) is 0.422. The molecule has 0 aromatic heterocycles. The second kappa shape index (κ2) is 5.31. The van der Waals surface area contributed by atoms with E-state index in [0.29, 0.717) is 11.4 Å². The first-order valence-electron chi connectivity index (χ1n) is 4.37. The molecule has 1 N–H and O–H groups in total. The largest absolute Gasteiger partial charge is 0.497 e. The van der Waals surface area contributed by atoms with E-state index in [4.69, 9.17) is 4.74 Å². The maximum Gasteiger partial charge on any atom is 0.244 e. The summed E-state index contributed by atoms with van der Waals surface area (Å²) >= 11 is 0. The summed E-state index contributed by atoms with van der Waals surface area (Å²) in [5, 5.41) is -0.404. The zero-order chi connectivity index (χ0) is 12.2. The molecule has 0 saturated carbocycles. The average Bonchev–Trinajstić information content (AvgIpc) is 2.16. The number of anilines is 1. The Labute approximate surface area is 97.3 Å². The van der Waals surface area contributed by atoms with E-state index < -0.39 is 25.9 Å². The Balaban J connectivity index is 2.76. The third kappa shape index (κ3) is 4.19. The second-order valence-electron chi connectivity index (χ2n) is 3.14. The molecule has 90 valence electrons. The second-order valence-corrected chi connectivity index (χ2v) is 6.66. The van der Waals surface area contributed by atoms with Gasteiger partial charge in [-0.05, 0) is 24.3 Å². The van der Waals surface area contributed by atoms with Gasteiger partial charge in [0.05, 0.1) is 7.11 Å². The molecule has 0 aliphatic heterocycles. The van der Waals surface area contributed by atoms with Gasteiger partial charge in [-0.25, -0.2) is 8.42 Å². The number of ether oxygens (including phenoxy) is 1. The predicted molar refractivity (Wildman–Crippen MR) is 64.5 cm³/mol. The van der Waals surface area contributed by atoms with Crippen LogP contribution in [0.2, 0.25) is 0 Å². The third-order valence-electron chi connectivity index (χ3n) is 1.68. The van der Waals surface area contributed by atoms with Crippen molar-refractivity contribution < 1.29 is 17.4 Å². The highest BCUT2D eigenvalue weighted by Crippen LogP contribution is 2.16. The maximum absolute atomic E-state index is 11.4. The van der Waals surface area contributed by atoms with Crippen LogP contribution in [0.1, 0.15) is 0 Å². The van der Waals surface area contributed by atoms with Gasteiger partial charge in [-0.3, -0.25) is 8.93 Å². The Morgan fingerprint density at radius 3 is 2.31 bits per heavy atom. The van der Waals surface area contributed by atoms with Crippen molar-refractivity contribution in [2.45, 2.75) is 0 Å². The lowest BCUT2D eigenvalue weighted by molar-refractivity contribution is 0.415. The lowest BCUT2D eigenvalue weighted by Gasteiger charge is -2.07. The number of benzene rings is 1. The Kier molecular flexibility index (Phi) is 4.31. The van der Waals surface area contributed by atoms with Crippen LogP contribution in [0.4, 0.5) is 5.69 Å². The van der Waals surface area contributed by atoms with Crippen molar-refractivity contribution in [3.8, 4) is 5.75 Å². The highest BCUT2D eigenvalue weighted by molar-refractivity contribution is 8.05. The van der Waals surface area contributed by atoms with Crippen LogP contribution in [0.3, 0.4) is 0 Å². The SMILES string of the molecule is COc1ccc(NS(=O)(=O)CS(C)=O)cc1. The Hall–Kier alpha value is -1.08. The molecule has 0 aliphatic rings. The van der Waals surface area contributed by atoms with Crippen molar-refractivity contribution in [1.29, 1.82) is 0 Å². The van der Waals surface area contributed by atoms with Crippen LogP contribution in [0.15, 0.2) is 24.3 Å². The van der Waals surface area contributed by atoms with Gasteiger partial charge in [-0.1, -0.05) is 0 Å². The van der Waals surface area contributed by atoms with Gasteiger partial charge in [0, 0.05) is 22.7 Å². The Bertz CT molecular complexity index is 467. The molecule has 0 amide bonds. The number of methoxy groups -OCH3 is 1. The van der Waals surface area contributed by atoms with E-state index in [-0.39, 0.29) is 0 Å². The first kappa shape index (κ1) is 13.0. The number of hydrogen-bond acceptors (Lipinski definition) is 4. The number of hydrogen-bond donors (Lipinski definition) is 1. The van der Waals surface area contributed by atoms with Gasteiger partial charge < -0.3 is 4.74 Å². The number of rotatable bonds is 5. The maximum atomic E-state index is 11.4. The van der Waals surface area contributed by atoms with Crippen molar-refractivity contribution in [3.63, 3.8) is 0 Å². The van der Waals surface area contributed by atoms with Gasteiger partial charge >= 0.3 is 0 Å². The van der Waals surface area contributed by atoms with Gasteiger partial charge in [-0.15, -0.1) is 0 Å². The number of nitrogens with one attached hydrogen (secondary N) is 1. The van der Waals surface area contributed by atoms with Gasteiger partial charge in [0.1, 0.15) is 10.8 Å². The van der Waals surface area contributed by atoms with Crippen molar-refractivity contribution in [1.82, 2.24) is 0 Å². The minimum Gasteiger partial charge on any atom is -0.497 e. The van der Waals surface area contributed by atoms with Crippen molar-refractivity contribution in [2.24, 2.45) is 0 Å². The molecule has 1 aromatic carbocycles. The van der Waals surface area contributed by atoms with Crippen molar-refractivity contribution in [3.05, 3.63) is 24.3 Å². The molecule has 0 aliphatic carbocycles. The van der Waals surface area contributed by atoms with Crippen LogP contribution in [0.25, 0.3) is 0 Å².